The van der Waals surface area contributed by atoms with E-state index in [9.17, 15) is 0 Å². The van der Waals surface area contributed by atoms with Gasteiger partial charge in [0.2, 0.25) is 0 Å². The maximum absolute atomic E-state index is 5.48. The van der Waals surface area contributed by atoms with Crippen LogP contribution in [0.3, 0.4) is 0 Å². The first-order valence-corrected chi connectivity index (χ1v) is 6.53. The largest absolute Gasteiger partial charge is 0.377 e. The van der Waals surface area contributed by atoms with Gasteiger partial charge in [-0.3, -0.25) is 0 Å². The van der Waals surface area contributed by atoms with Crippen LogP contribution in [-0.4, -0.2) is 25.8 Å². The van der Waals surface area contributed by atoms with Crippen molar-refractivity contribution in [3.8, 4) is 0 Å². The highest BCUT2D eigenvalue weighted by atomic mass is 16.5. The van der Waals surface area contributed by atoms with E-state index in [1.807, 2.05) is 0 Å². The molecule has 0 aliphatic carbocycles. The van der Waals surface area contributed by atoms with Crippen molar-refractivity contribution in [2.24, 2.45) is 5.92 Å². The molecule has 0 bridgehead atoms. The molecule has 0 spiro atoms. The summed E-state index contributed by atoms with van der Waals surface area (Å²) < 4.78 is 5.48. The van der Waals surface area contributed by atoms with Crippen LogP contribution in [0.4, 0.5) is 0 Å². The third-order valence-electron chi connectivity index (χ3n) is 2.71. The third kappa shape index (κ3) is 10.2. The van der Waals surface area contributed by atoms with Crippen molar-refractivity contribution < 1.29 is 4.74 Å². The van der Waals surface area contributed by atoms with Crippen molar-refractivity contribution in [1.29, 1.82) is 0 Å². The minimum absolute atomic E-state index is 0.355. The van der Waals surface area contributed by atoms with Crippen LogP contribution in [0, 0.1) is 5.92 Å². The molecular formula is C13H29NO. The summed E-state index contributed by atoms with van der Waals surface area (Å²) >= 11 is 0. The Balaban J connectivity index is 3.30. The molecule has 0 saturated carbocycles. The SMILES string of the molecule is CCCCC(CC)CNCCOC(C)C. The number of ether oxygens (including phenoxy) is 1. The predicted molar refractivity (Wildman–Crippen MR) is 67.3 cm³/mol. The van der Waals surface area contributed by atoms with Gasteiger partial charge < -0.3 is 10.1 Å². The maximum atomic E-state index is 5.48. The van der Waals surface area contributed by atoms with E-state index in [0.29, 0.717) is 6.10 Å². The quantitative estimate of drug-likeness (QED) is 0.565. The van der Waals surface area contributed by atoms with Gasteiger partial charge in [-0.15, -0.1) is 0 Å². The monoisotopic (exact) mass is 215 g/mol. The number of hydrogen-bond donors (Lipinski definition) is 1. The highest BCUT2D eigenvalue weighted by Crippen LogP contribution is 2.10. The summed E-state index contributed by atoms with van der Waals surface area (Å²) in [6.07, 6.45) is 5.69. The molecule has 15 heavy (non-hydrogen) atoms. The van der Waals surface area contributed by atoms with Gasteiger partial charge in [-0.2, -0.15) is 0 Å². The fraction of sp³-hybridized carbons (Fsp3) is 1.00. The van der Waals surface area contributed by atoms with Crippen molar-refractivity contribution in [2.45, 2.75) is 59.5 Å². The van der Waals surface area contributed by atoms with E-state index in [-0.39, 0.29) is 0 Å². The second-order valence-corrected chi connectivity index (χ2v) is 4.54. The van der Waals surface area contributed by atoms with Crippen LogP contribution in [-0.2, 0) is 4.74 Å². The molecule has 1 unspecified atom stereocenters. The molecule has 0 aromatic heterocycles. The Kier molecular flexibility index (Phi) is 10.4. The average Bonchev–Trinajstić information content (AvgIpc) is 2.21. The lowest BCUT2D eigenvalue weighted by Gasteiger charge is -2.15. The molecular weight excluding hydrogens is 186 g/mol. The first kappa shape index (κ1) is 14.9. The summed E-state index contributed by atoms with van der Waals surface area (Å²) in [6, 6.07) is 0. The highest BCUT2D eigenvalue weighted by molar-refractivity contribution is 4.60. The Morgan fingerprint density at radius 2 is 1.93 bits per heavy atom. The summed E-state index contributed by atoms with van der Waals surface area (Å²) in [6.45, 7) is 11.7. The molecule has 1 N–H and O–H groups in total. The number of nitrogens with one attached hydrogen (secondary N) is 1. The summed E-state index contributed by atoms with van der Waals surface area (Å²) in [5, 5.41) is 3.48. The Morgan fingerprint density at radius 3 is 2.47 bits per heavy atom. The van der Waals surface area contributed by atoms with E-state index in [1.165, 1.54) is 25.7 Å². The molecule has 0 saturated heterocycles. The maximum Gasteiger partial charge on any atom is 0.0594 e. The van der Waals surface area contributed by atoms with Crippen LogP contribution in [0.15, 0.2) is 0 Å². The molecule has 92 valence electrons. The molecule has 2 heteroatoms. The van der Waals surface area contributed by atoms with Crippen LogP contribution in [0.1, 0.15) is 53.4 Å². The van der Waals surface area contributed by atoms with Gasteiger partial charge in [0.05, 0.1) is 12.7 Å². The summed E-state index contributed by atoms with van der Waals surface area (Å²) in [5.41, 5.74) is 0. The molecule has 0 aromatic carbocycles. The summed E-state index contributed by atoms with van der Waals surface area (Å²) in [4.78, 5) is 0. The molecule has 1 atom stereocenters. The van der Waals surface area contributed by atoms with Crippen LogP contribution < -0.4 is 5.32 Å². The van der Waals surface area contributed by atoms with Crippen LogP contribution in [0.5, 0.6) is 0 Å². The standard InChI is InChI=1S/C13H29NO/c1-5-7-8-13(6-2)11-14-9-10-15-12(3)4/h12-14H,5-11H2,1-4H3. The molecule has 0 heterocycles. The topological polar surface area (TPSA) is 21.3 Å². The molecule has 0 rings (SSSR count). The van der Waals surface area contributed by atoms with Crippen molar-refractivity contribution in [2.75, 3.05) is 19.7 Å². The van der Waals surface area contributed by atoms with E-state index < -0.39 is 0 Å². The number of rotatable bonds is 10. The smallest absolute Gasteiger partial charge is 0.0594 e. The van der Waals surface area contributed by atoms with E-state index in [0.717, 1.165) is 25.6 Å². The summed E-state index contributed by atoms with van der Waals surface area (Å²) in [7, 11) is 0. The highest BCUT2D eigenvalue weighted by Gasteiger charge is 2.04. The molecule has 2 nitrogen and oxygen atoms in total. The molecule has 0 radical (unpaired) electrons. The third-order valence-corrected chi connectivity index (χ3v) is 2.71. The minimum Gasteiger partial charge on any atom is -0.377 e. The Labute approximate surface area is 95.8 Å². The van der Waals surface area contributed by atoms with Crippen molar-refractivity contribution in [3.05, 3.63) is 0 Å². The van der Waals surface area contributed by atoms with Gasteiger partial charge in [0, 0.05) is 6.54 Å². The van der Waals surface area contributed by atoms with E-state index in [4.69, 9.17) is 4.74 Å². The predicted octanol–water partition coefficient (Wildman–Crippen LogP) is 3.22. The molecule has 0 fully saturated rings. The number of unbranched alkanes of at least 4 members (excludes halogenated alkanes) is 1. The minimum atomic E-state index is 0.355. The summed E-state index contributed by atoms with van der Waals surface area (Å²) in [5.74, 6) is 0.851. The van der Waals surface area contributed by atoms with Gasteiger partial charge in [0.25, 0.3) is 0 Å². The van der Waals surface area contributed by atoms with E-state index in [2.05, 4.69) is 33.0 Å². The molecule has 0 aromatic rings. The fourth-order valence-corrected chi connectivity index (χ4v) is 1.62. The normalized spacial score (nSPS) is 13.4. The lowest BCUT2D eigenvalue weighted by molar-refractivity contribution is 0.0802. The Bertz CT molecular complexity index is 126. The molecule has 0 aliphatic rings. The Morgan fingerprint density at radius 1 is 1.20 bits per heavy atom. The lowest BCUT2D eigenvalue weighted by Crippen LogP contribution is -2.27. The average molecular weight is 215 g/mol. The lowest BCUT2D eigenvalue weighted by atomic mass is 9.99. The van der Waals surface area contributed by atoms with Crippen molar-refractivity contribution in [1.82, 2.24) is 5.32 Å². The van der Waals surface area contributed by atoms with Gasteiger partial charge >= 0.3 is 0 Å². The van der Waals surface area contributed by atoms with Gasteiger partial charge in [0.1, 0.15) is 0 Å². The second kappa shape index (κ2) is 10.4. The van der Waals surface area contributed by atoms with Crippen molar-refractivity contribution in [3.63, 3.8) is 0 Å². The van der Waals surface area contributed by atoms with E-state index >= 15 is 0 Å². The van der Waals surface area contributed by atoms with Crippen LogP contribution in [0.2, 0.25) is 0 Å². The van der Waals surface area contributed by atoms with Gasteiger partial charge in [-0.1, -0.05) is 33.1 Å². The first-order chi connectivity index (χ1) is 7.20. The zero-order chi connectivity index (χ0) is 11.5. The second-order valence-electron chi connectivity index (χ2n) is 4.54. The zero-order valence-corrected chi connectivity index (χ0v) is 11.0. The first-order valence-electron chi connectivity index (χ1n) is 6.53. The van der Waals surface area contributed by atoms with Crippen LogP contribution in [0.25, 0.3) is 0 Å². The van der Waals surface area contributed by atoms with Gasteiger partial charge in [0.15, 0.2) is 0 Å². The fourth-order valence-electron chi connectivity index (χ4n) is 1.62. The van der Waals surface area contributed by atoms with Gasteiger partial charge in [-0.05, 0) is 32.7 Å². The Hall–Kier alpha value is -0.0800. The zero-order valence-electron chi connectivity index (χ0n) is 11.0. The number of hydrogen-bond acceptors (Lipinski definition) is 2. The van der Waals surface area contributed by atoms with Crippen molar-refractivity contribution >= 4 is 0 Å². The van der Waals surface area contributed by atoms with Gasteiger partial charge in [-0.25, -0.2) is 0 Å². The van der Waals surface area contributed by atoms with Crippen LogP contribution >= 0.6 is 0 Å². The molecule has 0 aliphatic heterocycles. The molecule has 0 amide bonds. The van der Waals surface area contributed by atoms with E-state index in [1.54, 1.807) is 0 Å².